The van der Waals surface area contributed by atoms with Crippen molar-refractivity contribution in [2.24, 2.45) is 5.73 Å². The fourth-order valence-corrected chi connectivity index (χ4v) is 0.374. The van der Waals surface area contributed by atoms with Gasteiger partial charge >= 0.3 is 0 Å². The highest BCUT2D eigenvalue weighted by molar-refractivity contribution is 5.70. The number of hydrogen-bond acceptors (Lipinski definition) is 3. The molecule has 0 saturated heterocycles. The summed E-state index contributed by atoms with van der Waals surface area (Å²) in [7, 11) is 0. The smallest absolute Gasteiger partial charge is 0.214 e. The number of carbonyl (C=O) groups excluding carboxylic acids is 1. The van der Waals surface area contributed by atoms with Crippen molar-refractivity contribution in [2.45, 2.75) is 13.8 Å². The summed E-state index contributed by atoms with van der Waals surface area (Å²) in [6.07, 6.45) is 3.45. The van der Waals surface area contributed by atoms with Crippen LogP contribution in [0.15, 0.2) is 18.5 Å². The number of nitrogens with zero attached hydrogens (tertiary/aromatic N) is 2. The summed E-state index contributed by atoms with van der Waals surface area (Å²) in [5.41, 5.74) is 4.47. The lowest BCUT2D eigenvalue weighted by Gasteiger charge is -1.81. The van der Waals surface area contributed by atoms with Crippen molar-refractivity contribution in [1.82, 2.24) is 9.97 Å². The van der Waals surface area contributed by atoms with Crippen LogP contribution in [-0.2, 0) is 4.79 Å². The summed E-state index contributed by atoms with van der Waals surface area (Å²) in [5.74, 6) is 0.488. The lowest BCUT2D eigenvalue weighted by Crippen LogP contribution is -2.01. The van der Waals surface area contributed by atoms with Crippen molar-refractivity contribution >= 4 is 5.91 Å². The SMILES string of the molecule is CC(N)=O.Cc1ncccn1. The minimum atomic E-state index is -0.333. The molecular formula is C7H11N3O. The fourth-order valence-electron chi connectivity index (χ4n) is 0.374. The minimum absolute atomic E-state index is 0.333. The van der Waals surface area contributed by atoms with Gasteiger partial charge in [-0.3, -0.25) is 4.79 Å². The molecule has 1 aromatic heterocycles. The highest BCUT2D eigenvalue weighted by atomic mass is 16.1. The molecule has 0 aliphatic rings. The molecule has 1 rings (SSSR count). The highest BCUT2D eigenvalue weighted by Gasteiger charge is 1.74. The van der Waals surface area contributed by atoms with E-state index in [1.165, 1.54) is 6.92 Å². The van der Waals surface area contributed by atoms with Gasteiger partial charge in [0.1, 0.15) is 5.82 Å². The van der Waals surface area contributed by atoms with E-state index in [1.54, 1.807) is 18.5 Å². The maximum absolute atomic E-state index is 9.22. The first-order valence-corrected chi connectivity index (χ1v) is 3.12. The Kier molecular flexibility index (Phi) is 4.64. The van der Waals surface area contributed by atoms with Crippen LogP contribution in [0.25, 0.3) is 0 Å². The van der Waals surface area contributed by atoms with Crippen LogP contribution in [-0.4, -0.2) is 15.9 Å². The van der Waals surface area contributed by atoms with Crippen LogP contribution in [0, 0.1) is 6.92 Å². The van der Waals surface area contributed by atoms with Crippen molar-refractivity contribution in [3.8, 4) is 0 Å². The van der Waals surface area contributed by atoms with Gasteiger partial charge in [-0.2, -0.15) is 0 Å². The third-order valence-electron chi connectivity index (χ3n) is 0.695. The van der Waals surface area contributed by atoms with Crippen molar-refractivity contribution in [3.63, 3.8) is 0 Å². The molecule has 0 unspecified atom stereocenters. The first-order chi connectivity index (χ1) is 5.13. The Morgan fingerprint density at radius 3 is 2.00 bits per heavy atom. The molecule has 1 heterocycles. The van der Waals surface area contributed by atoms with Gasteiger partial charge in [0.2, 0.25) is 5.91 Å². The summed E-state index contributed by atoms with van der Waals surface area (Å²) in [4.78, 5) is 17.0. The van der Waals surface area contributed by atoms with E-state index in [0.29, 0.717) is 0 Å². The van der Waals surface area contributed by atoms with E-state index in [4.69, 9.17) is 0 Å². The Hall–Kier alpha value is -1.45. The van der Waals surface area contributed by atoms with Gasteiger partial charge in [0.25, 0.3) is 0 Å². The van der Waals surface area contributed by atoms with Gasteiger partial charge < -0.3 is 5.73 Å². The van der Waals surface area contributed by atoms with Crippen molar-refractivity contribution < 1.29 is 4.79 Å². The van der Waals surface area contributed by atoms with Gasteiger partial charge in [-0.25, -0.2) is 9.97 Å². The van der Waals surface area contributed by atoms with E-state index in [-0.39, 0.29) is 5.91 Å². The monoisotopic (exact) mass is 153 g/mol. The van der Waals surface area contributed by atoms with E-state index in [1.807, 2.05) is 6.92 Å². The summed E-state index contributed by atoms with van der Waals surface area (Å²) < 4.78 is 0. The number of carbonyl (C=O) groups is 1. The quantitative estimate of drug-likeness (QED) is 0.582. The number of primary amides is 1. The molecule has 11 heavy (non-hydrogen) atoms. The Balaban J connectivity index is 0.000000218. The number of aryl methyl sites for hydroxylation is 1. The Labute approximate surface area is 65.5 Å². The molecule has 0 aliphatic carbocycles. The zero-order valence-corrected chi connectivity index (χ0v) is 6.61. The van der Waals surface area contributed by atoms with Crippen LogP contribution in [0.3, 0.4) is 0 Å². The van der Waals surface area contributed by atoms with E-state index in [9.17, 15) is 4.79 Å². The minimum Gasteiger partial charge on any atom is -0.370 e. The van der Waals surface area contributed by atoms with Gasteiger partial charge in [-0.05, 0) is 13.0 Å². The molecule has 0 saturated carbocycles. The second-order valence-electron chi connectivity index (χ2n) is 1.91. The van der Waals surface area contributed by atoms with Gasteiger partial charge in [0.05, 0.1) is 0 Å². The lowest BCUT2D eigenvalue weighted by atomic mass is 10.6. The molecule has 1 aromatic rings. The molecule has 0 spiro atoms. The Bertz CT molecular complexity index is 206. The van der Waals surface area contributed by atoms with Gasteiger partial charge in [0.15, 0.2) is 0 Å². The second kappa shape index (κ2) is 5.34. The Morgan fingerprint density at radius 1 is 1.45 bits per heavy atom. The number of nitrogens with two attached hydrogens (primary N) is 1. The molecule has 0 radical (unpaired) electrons. The molecule has 60 valence electrons. The molecule has 1 amide bonds. The van der Waals surface area contributed by atoms with E-state index in [2.05, 4.69) is 15.7 Å². The number of rotatable bonds is 0. The number of hydrogen-bond donors (Lipinski definition) is 1. The predicted octanol–water partition coefficient (Wildman–Crippen LogP) is 0.277. The van der Waals surface area contributed by atoms with Crippen molar-refractivity contribution in [3.05, 3.63) is 24.3 Å². The summed E-state index contributed by atoms with van der Waals surface area (Å²) in [6, 6.07) is 1.80. The predicted molar refractivity (Wildman–Crippen MR) is 41.6 cm³/mol. The molecule has 0 aliphatic heterocycles. The average molecular weight is 153 g/mol. The molecule has 0 atom stereocenters. The third-order valence-corrected chi connectivity index (χ3v) is 0.695. The third kappa shape index (κ3) is 8.55. The summed E-state index contributed by atoms with van der Waals surface area (Å²) in [5, 5.41) is 0. The molecule has 0 bridgehead atoms. The normalized spacial score (nSPS) is 7.82. The first kappa shape index (κ1) is 9.55. The maximum Gasteiger partial charge on any atom is 0.214 e. The zero-order chi connectivity index (χ0) is 8.69. The first-order valence-electron chi connectivity index (χ1n) is 3.12. The summed E-state index contributed by atoms with van der Waals surface area (Å²) >= 11 is 0. The molecular weight excluding hydrogens is 142 g/mol. The second-order valence-corrected chi connectivity index (χ2v) is 1.91. The van der Waals surface area contributed by atoms with Crippen LogP contribution < -0.4 is 5.73 Å². The molecule has 0 aromatic carbocycles. The zero-order valence-electron chi connectivity index (χ0n) is 6.61. The lowest BCUT2D eigenvalue weighted by molar-refractivity contribution is -0.115. The van der Waals surface area contributed by atoms with Crippen LogP contribution in [0.1, 0.15) is 12.7 Å². The molecule has 2 N–H and O–H groups in total. The molecule has 4 nitrogen and oxygen atoms in total. The number of aromatic nitrogens is 2. The van der Waals surface area contributed by atoms with E-state index < -0.39 is 0 Å². The Morgan fingerprint density at radius 2 is 1.82 bits per heavy atom. The van der Waals surface area contributed by atoms with E-state index in [0.717, 1.165) is 5.82 Å². The van der Waals surface area contributed by atoms with Crippen LogP contribution in [0.2, 0.25) is 0 Å². The largest absolute Gasteiger partial charge is 0.370 e. The van der Waals surface area contributed by atoms with Gasteiger partial charge in [0, 0.05) is 19.3 Å². The van der Waals surface area contributed by atoms with Gasteiger partial charge in [-0.15, -0.1) is 0 Å². The van der Waals surface area contributed by atoms with Crippen molar-refractivity contribution in [1.29, 1.82) is 0 Å². The standard InChI is InChI=1S/C5H6N2.C2H5NO/c1-5-6-3-2-4-7-5;1-2(3)4/h2-4H,1H3;1H3,(H2,3,4). The van der Waals surface area contributed by atoms with Crippen molar-refractivity contribution in [2.75, 3.05) is 0 Å². The fraction of sp³-hybridized carbons (Fsp3) is 0.286. The van der Waals surface area contributed by atoms with E-state index >= 15 is 0 Å². The highest BCUT2D eigenvalue weighted by Crippen LogP contribution is 1.78. The molecule has 4 heteroatoms. The molecule has 0 fully saturated rings. The van der Waals surface area contributed by atoms with Crippen LogP contribution in [0.4, 0.5) is 0 Å². The number of amides is 1. The summed E-state index contributed by atoms with van der Waals surface area (Å²) in [6.45, 7) is 3.17. The average Bonchev–Trinajstić information content (AvgIpc) is 1.87. The van der Waals surface area contributed by atoms with Crippen LogP contribution in [0.5, 0.6) is 0 Å². The van der Waals surface area contributed by atoms with Crippen LogP contribution >= 0.6 is 0 Å². The van der Waals surface area contributed by atoms with Gasteiger partial charge in [-0.1, -0.05) is 0 Å². The maximum atomic E-state index is 9.22. The topological polar surface area (TPSA) is 68.9 Å².